The summed E-state index contributed by atoms with van der Waals surface area (Å²) >= 11 is 0. The van der Waals surface area contributed by atoms with Gasteiger partial charge in [-0.25, -0.2) is 0 Å². The van der Waals surface area contributed by atoms with Crippen LogP contribution in [0.4, 0.5) is 0 Å². The van der Waals surface area contributed by atoms with Crippen molar-refractivity contribution in [3.63, 3.8) is 0 Å². The Morgan fingerprint density at radius 3 is 1.88 bits per heavy atom. The summed E-state index contributed by atoms with van der Waals surface area (Å²) in [6.45, 7) is 0. The first kappa shape index (κ1) is 5.94. The van der Waals surface area contributed by atoms with Crippen LogP contribution in [0.5, 0.6) is 0 Å². The minimum absolute atomic E-state index is 0.754. The second kappa shape index (κ2) is 2.39. The molecule has 1 aliphatic rings. The van der Waals surface area contributed by atoms with Gasteiger partial charge in [0.2, 0.25) is 0 Å². The lowest BCUT2D eigenvalue weighted by Crippen LogP contribution is -2.07. The van der Waals surface area contributed by atoms with Crippen LogP contribution in [0, 0.1) is 0 Å². The number of rotatable bonds is 1. The van der Waals surface area contributed by atoms with Crippen LogP contribution in [0.1, 0.15) is 0 Å². The summed E-state index contributed by atoms with van der Waals surface area (Å²) < 4.78 is 0. The zero-order chi connectivity index (χ0) is 5.98. The molecule has 1 aliphatic heterocycles. The zero-order valence-electron chi connectivity index (χ0n) is 4.23. The fraction of sp³-hybridized carbons (Fsp3) is 0. The van der Waals surface area contributed by atoms with Crippen molar-refractivity contribution in [1.29, 1.82) is 0 Å². The van der Waals surface area contributed by atoms with E-state index in [0.717, 1.165) is 0 Å². The fourth-order valence-corrected chi connectivity index (χ4v) is 1.51. The Morgan fingerprint density at radius 2 is 1.62 bits per heavy atom. The molecule has 1 rings (SSSR count). The monoisotopic (exact) mass is 130 g/mol. The van der Waals surface area contributed by atoms with Crippen molar-refractivity contribution in [1.82, 2.24) is 0 Å². The Labute approximate surface area is 50.9 Å². The molecule has 0 radical (unpaired) electrons. The lowest BCUT2D eigenvalue weighted by molar-refractivity contribution is 0.437. The molecular formula is C4H7BO2S. The van der Waals surface area contributed by atoms with E-state index in [-0.39, 0.29) is 0 Å². The van der Waals surface area contributed by atoms with Crippen molar-refractivity contribution < 1.29 is 10.0 Å². The highest BCUT2D eigenvalue weighted by atomic mass is 32.2. The molecule has 0 atom stereocenters. The number of hydrogen-bond acceptors (Lipinski definition) is 2. The first-order valence-electron chi connectivity index (χ1n) is 2.29. The second-order valence-corrected chi connectivity index (χ2v) is 3.43. The number of hydrogen-bond donors (Lipinski definition) is 3. The highest BCUT2D eigenvalue weighted by molar-refractivity contribution is 8.43. The Kier molecular flexibility index (Phi) is 1.78. The molecule has 0 fully saturated rings. The molecule has 0 aromatic heterocycles. The Balaban J connectivity index is 2.49. The van der Waals surface area contributed by atoms with E-state index in [2.05, 4.69) is 0 Å². The normalized spacial score (nSPS) is 20.0. The van der Waals surface area contributed by atoms with Crippen molar-refractivity contribution in [3.05, 3.63) is 23.0 Å². The quantitative estimate of drug-likeness (QED) is 0.345. The molecule has 1 heterocycles. The SMILES string of the molecule is OB(O)[SH]1C=CC=C1. The maximum Gasteiger partial charge on any atom is 0.514 e. The maximum absolute atomic E-state index is 8.53. The van der Waals surface area contributed by atoms with E-state index >= 15 is 0 Å². The molecule has 0 bridgehead atoms. The van der Waals surface area contributed by atoms with Gasteiger partial charge in [0.25, 0.3) is 0 Å². The summed E-state index contributed by atoms with van der Waals surface area (Å²) in [6, 6.07) is 0. The summed E-state index contributed by atoms with van der Waals surface area (Å²) in [5.74, 6) is 0. The third kappa shape index (κ3) is 1.15. The predicted molar refractivity (Wildman–Crippen MR) is 37.5 cm³/mol. The molecule has 0 aliphatic carbocycles. The number of allylic oxidation sites excluding steroid dienone is 2. The Morgan fingerprint density at radius 1 is 1.12 bits per heavy atom. The molecule has 2 nitrogen and oxygen atoms in total. The molecule has 44 valence electrons. The van der Waals surface area contributed by atoms with Crippen LogP contribution < -0.4 is 0 Å². The maximum atomic E-state index is 8.53. The van der Waals surface area contributed by atoms with Crippen LogP contribution in [0.15, 0.2) is 23.0 Å². The molecule has 8 heavy (non-hydrogen) atoms. The second-order valence-electron chi connectivity index (χ2n) is 1.48. The van der Waals surface area contributed by atoms with Gasteiger partial charge in [0, 0.05) is 0 Å². The highest BCUT2D eigenvalue weighted by Crippen LogP contribution is 2.32. The summed E-state index contributed by atoms with van der Waals surface area (Å²) in [7, 11) is -0.754. The molecule has 0 aromatic carbocycles. The Bertz CT molecular complexity index is 120. The van der Waals surface area contributed by atoms with Crippen molar-refractivity contribution in [2.24, 2.45) is 0 Å². The molecule has 0 aromatic rings. The summed E-state index contributed by atoms with van der Waals surface area (Å²) in [5.41, 5.74) is 0. The van der Waals surface area contributed by atoms with Gasteiger partial charge in [0.05, 0.1) is 0 Å². The van der Waals surface area contributed by atoms with E-state index in [9.17, 15) is 0 Å². The van der Waals surface area contributed by atoms with Gasteiger partial charge < -0.3 is 10.0 Å². The van der Waals surface area contributed by atoms with E-state index in [1.165, 1.54) is 0 Å². The third-order valence-corrected chi connectivity index (χ3v) is 2.46. The van der Waals surface area contributed by atoms with Crippen LogP contribution in [-0.2, 0) is 0 Å². The van der Waals surface area contributed by atoms with Crippen LogP contribution in [0.3, 0.4) is 0 Å². The lowest BCUT2D eigenvalue weighted by atomic mass is 10.4. The van der Waals surface area contributed by atoms with Crippen molar-refractivity contribution >= 4 is 17.1 Å². The summed E-state index contributed by atoms with van der Waals surface area (Å²) in [6.07, 6.45) is 2.48. The van der Waals surface area contributed by atoms with E-state index in [4.69, 9.17) is 10.0 Å². The zero-order valence-corrected chi connectivity index (χ0v) is 5.12. The van der Waals surface area contributed by atoms with Gasteiger partial charge in [-0.15, -0.1) is 0 Å². The van der Waals surface area contributed by atoms with Gasteiger partial charge in [-0.1, -0.05) is 12.2 Å². The molecule has 0 saturated carbocycles. The van der Waals surface area contributed by atoms with Gasteiger partial charge in [0.1, 0.15) is 0 Å². The lowest BCUT2D eigenvalue weighted by Gasteiger charge is -2.04. The molecule has 4 heteroatoms. The molecule has 0 spiro atoms. The molecule has 0 saturated heterocycles. The van der Waals surface area contributed by atoms with Gasteiger partial charge in [-0.2, -0.15) is 10.7 Å². The van der Waals surface area contributed by atoms with Gasteiger partial charge in [0.15, 0.2) is 0 Å². The van der Waals surface area contributed by atoms with Crippen molar-refractivity contribution in [3.8, 4) is 0 Å². The Hall–Kier alpha value is -0.185. The van der Waals surface area contributed by atoms with Crippen LogP contribution in [0.25, 0.3) is 0 Å². The third-order valence-electron chi connectivity index (χ3n) is 0.894. The molecule has 0 unspecified atom stereocenters. The van der Waals surface area contributed by atoms with Crippen molar-refractivity contribution in [2.45, 2.75) is 0 Å². The standard InChI is InChI=1S/C4H7BO2S/c6-5(7)8-3-1-2-4-8/h1-4,6-8H. The first-order chi connectivity index (χ1) is 3.80. The minimum atomic E-state index is -1.17. The van der Waals surface area contributed by atoms with Gasteiger partial charge >= 0.3 is 6.40 Å². The van der Waals surface area contributed by atoms with Crippen molar-refractivity contribution in [2.75, 3.05) is 0 Å². The molecule has 2 N–H and O–H groups in total. The highest BCUT2D eigenvalue weighted by Gasteiger charge is 2.14. The van der Waals surface area contributed by atoms with Crippen LogP contribution >= 0.6 is 10.7 Å². The topological polar surface area (TPSA) is 40.5 Å². The number of thiol groups is 1. The van der Waals surface area contributed by atoms with E-state index in [0.29, 0.717) is 0 Å². The minimum Gasteiger partial charge on any atom is -0.418 e. The smallest absolute Gasteiger partial charge is 0.418 e. The van der Waals surface area contributed by atoms with E-state index in [1.54, 1.807) is 10.8 Å². The summed E-state index contributed by atoms with van der Waals surface area (Å²) in [5, 5.41) is 20.7. The van der Waals surface area contributed by atoms with Crippen LogP contribution in [-0.4, -0.2) is 16.4 Å². The largest absolute Gasteiger partial charge is 0.514 e. The van der Waals surface area contributed by atoms with E-state index in [1.807, 2.05) is 12.2 Å². The molecule has 0 amide bonds. The average Bonchev–Trinajstić information content (AvgIpc) is 2.12. The van der Waals surface area contributed by atoms with Crippen LogP contribution in [0.2, 0.25) is 0 Å². The fourth-order valence-electron chi connectivity index (χ4n) is 0.502. The van der Waals surface area contributed by atoms with Gasteiger partial charge in [-0.05, 0) is 10.8 Å². The predicted octanol–water partition coefficient (Wildman–Crippen LogP) is -0.00190. The van der Waals surface area contributed by atoms with E-state index < -0.39 is 17.1 Å². The van der Waals surface area contributed by atoms with Gasteiger partial charge in [-0.3, -0.25) is 0 Å². The summed E-state index contributed by atoms with van der Waals surface area (Å²) in [4.78, 5) is 0. The average molecular weight is 130 g/mol. The molecular weight excluding hydrogens is 123 g/mol. The first-order valence-corrected chi connectivity index (χ1v) is 3.84.